The van der Waals surface area contributed by atoms with Crippen LogP contribution in [0.25, 0.3) is 6.08 Å². The van der Waals surface area contributed by atoms with E-state index < -0.39 is 16.0 Å². The number of esters is 1. The molecule has 0 fully saturated rings. The normalized spacial score (nSPS) is 16.9. The summed E-state index contributed by atoms with van der Waals surface area (Å²) in [6, 6.07) is 5.41. The van der Waals surface area contributed by atoms with E-state index in [-0.39, 0.29) is 12.5 Å². The predicted molar refractivity (Wildman–Crippen MR) is 109 cm³/mol. The van der Waals surface area contributed by atoms with Crippen LogP contribution in [-0.4, -0.2) is 46.8 Å². The summed E-state index contributed by atoms with van der Waals surface area (Å²) in [5.41, 5.74) is 0.895. The lowest BCUT2D eigenvalue weighted by Gasteiger charge is -2.12. The molecule has 0 saturated heterocycles. The van der Waals surface area contributed by atoms with Crippen molar-refractivity contribution in [1.82, 2.24) is 5.32 Å². The van der Waals surface area contributed by atoms with Gasteiger partial charge in [0.05, 0.1) is 13.7 Å². The van der Waals surface area contributed by atoms with Gasteiger partial charge in [0.25, 0.3) is 0 Å². The first-order valence-corrected chi connectivity index (χ1v) is 9.55. The van der Waals surface area contributed by atoms with E-state index in [2.05, 4.69) is 10.1 Å². The third-order valence-electron chi connectivity index (χ3n) is 3.35. The lowest BCUT2D eigenvalue weighted by molar-refractivity contribution is -0.142. The lowest BCUT2D eigenvalue weighted by atomic mass is 10.2. The molecule has 1 aromatic carbocycles. The summed E-state index contributed by atoms with van der Waals surface area (Å²) in [6.07, 6.45) is 3.83. The van der Waals surface area contributed by atoms with Crippen molar-refractivity contribution < 1.29 is 23.8 Å². The third kappa shape index (κ3) is 5.34. The number of allylic oxidation sites excluding steroid dienone is 1. The van der Waals surface area contributed by atoms with E-state index in [4.69, 9.17) is 21.7 Å². The maximum Gasteiger partial charge on any atom is 0.343 e. The van der Waals surface area contributed by atoms with Crippen molar-refractivity contribution in [2.75, 3.05) is 20.3 Å². The van der Waals surface area contributed by atoms with Crippen LogP contribution in [-0.2, 0) is 24.4 Å². The number of thiocarbonyl (C=S) groups is 1. The molecule has 0 aliphatic carbocycles. The average Bonchev–Trinajstić information content (AvgIpc) is 2.97. The topological polar surface area (TPSA) is 73.9 Å². The summed E-state index contributed by atoms with van der Waals surface area (Å²) in [6.45, 7) is 4.08. The highest BCUT2D eigenvalue weighted by molar-refractivity contribution is 8.19. The third-order valence-corrected chi connectivity index (χ3v) is 5.77. The Morgan fingerprint density at radius 2 is 2.08 bits per heavy atom. The monoisotopic (exact) mass is 394 g/mol. The Morgan fingerprint density at radius 3 is 2.69 bits per heavy atom. The smallest absolute Gasteiger partial charge is 0.343 e. The largest absolute Gasteiger partial charge is 0.490 e. The van der Waals surface area contributed by atoms with Crippen molar-refractivity contribution in [3.63, 3.8) is 0 Å². The van der Waals surface area contributed by atoms with Gasteiger partial charge in [-0.1, -0.05) is 37.4 Å². The Morgan fingerprint density at radius 1 is 1.31 bits per heavy atom. The summed E-state index contributed by atoms with van der Waals surface area (Å²) in [5.74, 6) is 0.391. The number of amides is 1. The number of nitrogens with one attached hydrogen (secondary N) is 1. The number of rotatable bonds is 7. The molecule has 0 bridgehead atoms. The summed E-state index contributed by atoms with van der Waals surface area (Å²) in [7, 11) is 0.830. The van der Waals surface area contributed by atoms with Gasteiger partial charge in [-0.25, -0.2) is 4.79 Å². The van der Waals surface area contributed by atoms with Crippen LogP contribution in [0.2, 0.25) is 0 Å². The van der Waals surface area contributed by atoms with Gasteiger partial charge in [0, 0.05) is 0 Å². The molecule has 1 aromatic rings. The van der Waals surface area contributed by atoms with Crippen molar-refractivity contribution in [3.8, 4) is 11.5 Å². The van der Waals surface area contributed by atoms with E-state index >= 15 is 0 Å². The predicted octanol–water partition coefficient (Wildman–Crippen LogP) is 1.68. The molecule has 1 heterocycles. The van der Waals surface area contributed by atoms with Crippen molar-refractivity contribution >= 4 is 54.8 Å². The Hall–Kier alpha value is -2.32. The first-order valence-electron chi connectivity index (χ1n) is 7.85. The molecular formula is C18H20NO5S2-. The summed E-state index contributed by atoms with van der Waals surface area (Å²) >= 11 is 5.18. The molecule has 0 radical (unpaired) electrons. The Kier molecular flexibility index (Phi) is 7.23. The quantitative estimate of drug-likeness (QED) is 0.328. The molecule has 0 saturated carbocycles. The van der Waals surface area contributed by atoms with Crippen molar-refractivity contribution in [2.24, 2.45) is 0 Å². The Bertz CT molecular complexity index is 851. The molecule has 0 unspecified atom stereocenters. The number of methoxy groups -OCH3 is 1. The number of carbonyl (C=O) groups excluding carboxylic acids is 2. The number of ether oxygens (including phenoxy) is 3. The number of carbonyl (C=O) groups is 2. The standard InChI is InChI=1S/C18H20NO5S2/c1-4-23-15-9-13(7-8-14(15)24-10-17(21)22-3)6-5-12(2)26-11-16(20)19-18(26)25/h5-9,11H,4,10H2,1-3H3,(H,19,20,25)/q-1. The first-order chi connectivity index (χ1) is 12.4. The summed E-state index contributed by atoms with van der Waals surface area (Å²) in [4.78, 5) is 23.6. The van der Waals surface area contributed by atoms with Gasteiger partial charge in [-0.3, -0.25) is 4.79 Å². The fraction of sp³-hybridized carbons (Fsp3) is 0.278. The van der Waals surface area contributed by atoms with Crippen molar-refractivity contribution in [2.45, 2.75) is 13.8 Å². The second-order valence-electron chi connectivity index (χ2n) is 5.18. The minimum Gasteiger partial charge on any atom is -0.490 e. The molecule has 1 N–H and O–H groups in total. The van der Waals surface area contributed by atoms with Gasteiger partial charge in [-0.15, -0.1) is 5.37 Å². The molecule has 0 aromatic heterocycles. The molecule has 1 aliphatic heterocycles. The summed E-state index contributed by atoms with van der Waals surface area (Å²) < 4.78 is 16.1. The maximum absolute atomic E-state index is 11.4. The molecule has 1 amide bonds. The van der Waals surface area contributed by atoms with Crippen molar-refractivity contribution in [1.29, 1.82) is 0 Å². The SMILES string of the molecule is CCOc1cc(C=CC(C)=[S-]2=CC(=O)NC2=S)ccc1OCC(=O)OC. The number of hydrogen-bond donors (Lipinski definition) is 1. The van der Waals surface area contributed by atoms with Gasteiger partial charge < -0.3 is 29.6 Å². The first kappa shape index (κ1) is 20.0. The molecule has 0 spiro atoms. The molecule has 1 aliphatic rings. The summed E-state index contributed by atoms with van der Waals surface area (Å²) in [5, 5.41) is 4.22. The molecule has 8 heteroatoms. The molecule has 6 nitrogen and oxygen atoms in total. The van der Waals surface area contributed by atoms with E-state index in [0.29, 0.717) is 22.4 Å². The Balaban J connectivity index is 2.22. The fourth-order valence-corrected chi connectivity index (χ4v) is 4.01. The molecule has 140 valence electrons. The molecular weight excluding hydrogens is 374 g/mol. The Labute approximate surface area is 159 Å². The van der Waals surface area contributed by atoms with E-state index in [1.165, 1.54) is 7.11 Å². The van der Waals surface area contributed by atoms with Gasteiger partial charge in [0.15, 0.2) is 18.1 Å². The van der Waals surface area contributed by atoms with Crippen molar-refractivity contribution in [3.05, 3.63) is 29.8 Å². The van der Waals surface area contributed by atoms with Gasteiger partial charge in [-0.2, -0.15) is 4.86 Å². The van der Waals surface area contributed by atoms with Crippen LogP contribution in [0.1, 0.15) is 19.4 Å². The lowest BCUT2D eigenvalue weighted by Crippen LogP contribution is -2.21. The van der Waals surface area contributed by atoms with Gasteiger partial charge in [0.1, 0.15) is 0 Å². The number of benzene rings is 1. The van der Waals surface area contributed by atoms with E-state index in [9.17, 15) is 9.59 Å². The highest BCUT2D eigenvalue weighted by Gasteiger charge is 2.08. The van der Waals surface area contributed by atoms with Crippen LogP contribution in [0, 0.1) is 0 Å². The molecule has 2 rings (SSSR count). The molecule has 26 heavy (non-hydrogen) atoms. The van der Waals surface area contributed by atoms with Crippen LogP contribution in [0.5, 0.6) is 11.5 Å². The van der Waals surface area contributed by atoms with Crippen LogP contribution in [0.15, 0.2) is 24.3 Å². The van der Waals surface area contributed by atoms with E-state index in [1.54, 1.807) is 11.4 Å². The minimum absolute atomic E-state index is 0.156. The average molecular weight is 394 g/mol. The second-order valence-corrected chi connectivity index (χ2v) is 7.81. The highest BCUT2D eigenvalue weighted by Crippen LogP contribution is 2.29. The zero-order valence-corrected chi connectivity index (χ0v) is 16.4. The minimum atomic E-state index is -0.475. The zero-order valence-electron chi connectivity index (χ0n) is 14.7. The van der Waals surface area contributed by atoms with Crippen LogP contribution >= 0.6 is 12.2 Å². The van der Waals surface area contributed by atoms with E-state index in [0.717, 1.165) is 10.4 Å². The van der Waals surface area contributed by atoms with Gasteiger partial charge in [0.2, 0.25) is 5.91 Å². The van der Waals surface area contributed by atoms with Crippen LogP contribution < -0.4 is 14.8 Å². The van der Waals surface area contributed by atoms with Crippen LogP contribution in [0.4, 0.5) is 0 Å². The number of hydrogen-bond acceptors (Lipinski definition) is 7. The second kappa shape index (κ2) is 9.40. The molecule has 0 atom stereocenters. The fourth-order valence-electron chi connectivity index (χ4n) is 2.08. The highest BCUT2D eigenvalue weighted by atomic mass is 32.2. The maximum atomic E-state index is 11.4. The van der Waals surface area contributed by atoms with E-state index in [1.807, 2.05) is 38.1 Å². The van der Waals surface area contributed by atoms with Crippen LogP contribution in [0.3, 0.4) is 0 Å². The van der Waals surface area contributed by atoms with Gasteiger partial charge in [-0.05, 0) is 28.9 Å². The zero-order chi connectivity index (χ0) is 19.1. The van der Waals surface area contributed by atoms with Gasteiger partial charge >= 0.3 is 5.97 Å².